The lowest BCUT2D eigenvalue weighted by Crippen LogP contribution is -2.43. The second-order valence-electron chi connectivity index (χ2n) is 8.21. The molecule has 1 aromatic carbocycles. The van der Waals surface area contributed by atoms with Crippen LogP contribution in [-0.4, -0.2) is 35.1 Å². The summed E-state index contributed by atoms with van der Waals surface area (Å²) in [5.41, 5.74) is 12.7. The summed E-state index contributed by atoms with van der Waals surface area (Å²) >= 11 is 0. The van der Waals surface area contributed by atoms with Crippen LogP contribution in [0.2, 0.25) is 0 Å². The van der Waals surface area contributed by atoms with Gasteiger partial charge in [0.15, 0.2) is 11.6 Å². The number of halogens is 2. The van der Waals surface area contributed by atoms with Crippen LogP contribution in [-0.2, 0) is 0 Å². The minimum Gasteiger partial charge on any atom is -0.497 e. The highest BCUT2D eigenvalue weighted by Crippen LogP contribution is 2.30. The fraction of sp³-hybridized carbons (Fsp3) is 0.292. The minimum atomic E-state index is -0.849. The summed E-state index contributed by atoms with van der Waals surface area (Å²) in [4.78, 5) is 20.4. The van der Waals surface area contributed by atoms with Crippen molar-refractivity contribution in [2.75, 3.05) is 17.7 Å². The number of pyridine rings is 2. The summed E-state index contributed by atoms with van der Waals surface area (Å²) in [6, 6.07) is 6.77. The monoisotopic (exact) mass is 468 g/mol. The van der Waals surface area contributed by atoms with Crippen LogP contribution in [0.15, 0.2) is 42.7 Å². The fourth-order valence-corrected chi connectivity index (χ4v) is 4.03. The number of aromatic nitrogens is 2. The van der Waals surface area contributed by atoms with Crippen LogP contribution in [0, 0.1) is 11.6 Å². The summed E-state index contributed by atoms with van der Waals surface area (Å²) in [5, 5.41) is 6.03. The first kappa shape index (κ1) is 23.4. The number of carbonyl (C=O) groups excluding carboxylic acids is 1. The molecule has 34 heavy (non-hydrogen) atoms. The van der Waals surface area contributed by atoms with Gasteiger partial charge in [0.2, 0.25) is 0 Å². The first-order valence-corrected chi connectivity index (χ1v) is 10.9. The maximum atomic E-state index is 14.7. The summed E-state index contributed by atoms with van der Waals surface area (Å²) in [6.45, 7) is 0. The van der Waals surface area contributed by atoms with Gasteiger partial charge in [0, 0.05) is 29.4 Å². The Bertz CT molecular complexity index is 1210. The fourth-order valence-electron chi connectivity index (χ4n) is 4.03. The number of rotatable bonds is 7. The van der Waals surface area contributed by atoms with E-state index in [0.29, 0.717) is 17.0 Å². The van der Waals surface area contributed by atoms with Crippen LogP contribution >= 0.6 is 0 Å². The van der Waals surface area contributed by atoms with Gasteiger partial charge < -0.3 is 26.8 Å². The Morgan fingerprint density at radius 1 is 1.09 bits per heavy atom. The number of amides is 1. The smallest absolute Gasteiger partial charge is 0.252 e. The van der Waals surface area contributed by atoms with Gasteiger partial charge in [0.05, 0.1) is 24.6 Å². The Balaban J connectivity index is 1.66. The molecule has 10 heteroatoms. The number of primary amides is 1. The number of anilines is 3. The molecule has 0 aliphatic heterocycles. The zero-order valence-corrected chi connectivity index (χ0v) is 18.6. The molecular formula is C24H26F2N6O2. The molecule has 1 aliphatic carbocycles. The van der Waals surface area contributed by atoms with Crippen molar-refractivity contribution in [1.82, 2.24) is 9.97 Å². The molecule has 1 aliphatic rings. The first-order chi connectivity index (χ1) is 16.4. The number of benzene rings is 1. The molecule has 1 saturated carbocycles. The van der Waals surface area contributed by atoms with Crippen LogP contribution in [0.4, 0.5) is 26.1 Å². The van der Waals surface area contributed by atoms with E-state index < -0.39 is 17.5 Å². The van der Waals surface area contributed by atoms with E-state index in [1.54, 1.807) is 12.1 Å². The van der Waals surface area contributed by atoms with E-state index in [1.165, 1.54) is 31.6 Å². The van der Waals surface area contributed by atoms with Gasteiger partial charge in [0.25, 0.3) is 5.91 Å². The molecule has 4 rings (SSSR count). The molecule has 1 fully saturated rings. The molecule has 178 valence electrons. The Labute approximate surface area is 195 Å². The number of nitrogens with two attached hydrogens (primary N) is 2. The molecule has 0 radical (unpaired) electrons. The second kappa shape index (κ2) is 10.0. The maximum Gasteiger partial charge on any atom is 0.252 e. The van der Waals surface area contributed by atoms with Crippen LogP contribution in [0.1, 0.15) is 36.0 Å². The number of nitrogens with one attached hydrogen (secondary N) is 2. The normalized spacial score (nSPS) is 17.8. The van der Waals surface area contributed by atoms with Crippen molar-refractivity contribution in [3.05, 3.63) is 59.9 Å². The standard InChI is InChI=1S/C24H26F2N6O2/c1-34-15-6-7-18(25)16(9-15)13-8-14(12-29-11-13)30-23-17(22(28)33)10-19(26)24(32-23)31-21-5-3-2-4-20(21)27/h6-12,20-21H,2-5,27H2,1H3,(H2,28,33)(H2,30,31,32). The van der Waals surface area contributed by atoms with E-state index >= 15 is 0 Å². The number of methoxy groups -OCH3 is 1. The van der Waals surface area contributed by atoms with Gasteiger partial charge in [-0.1, -0.05) is 12.8 Å². The van der Waals surface area contributed by atoms with Gasteiger partial charge in [-0.15, -0.1) is 0 Å². The molecular weight excluding hydrogens is 442 g/mol. The Morgan fingerprint density at radius 3 is 2.62 bits per heavy atom. The van der Waals surface area contributed by atoms with Crippen LogP contribution in [0.5, 0.6) is 5.75 Å². The lowest BCUT2D eigenvalue weighted by atomic mass is 9.91. The SMILES string of the molecule is COc1ccc(F)c(-c2cncc(Nc3nc(NC4CCCCC4N)c(F)cc3C(N)=O)c2)c1. The predicted octanol–water partition coefficient (Wildman–Crippen LogP) is 3.95. The van der Waals surface area contributed by atoms with Crippen LogP contribution in [0.3, 0.4) is 0 Å². The molecule has 2 unspecified atom stereocenters. The van der Waals surface area contributed by atoms with E-state index in [2.05, 4.69) is 20.6 Å². The predicted molar refractivity (Wildman–Crippen MR) is 126 cm³/mol. The van der Waals surface area contributed by atoms with Gasteiger partial charge in [-0.25, -0.2) is 13.8 Å². The average Bonchev–Trinajstić information content (AvgIpc) is 2.82. The molecule has 2 aromatic heterocycles. The maximum absolute atomic E-state index is 14.7. The third-order valence-electron chi connectivity index (χ3n) is 5.87. The molecule has 3 aromatic rings. The first-order valence-electron chi connectivity index (χ1n) is 10.9. The lowest BCUT2D eigenvalue weighted by Gasteiger charge is -2.30. The number of hydrogen-bond acceptors (Lipinski definition) is 7. The number of hydrogen-bond donors (Lipinski definition) is 4. The molecule has 1 amide bonds. The second-order valence-corrected chi connectivity index (χ2v) is 8.21. The average molecular weight is 469 g/mol. The lowest BCUT2D eigenvalue weighted by molar-refractivity contribution is 0.100. The van der Waals surface area contributed by atoms with Gasteiger partial charge in [-0.3, -0.25) is 9.78 Å². The molecule has 6 N–H and O–H groups in total. The van der Waals surface area contributed by atoms with Crippen molar-refractivity contribution < 1.29 is 18.3 Å². The highest BCUT2D eigenvalue weighted by Gasteiger charge is 2.24. The van der Waals surface area contributed by atoms with E-state index in [9.17, 15) is 13.6 Å². The highest BCUT2D eigenvalue weighted by atomic mass is 19.1. The van der Waals surface area contributed by atoms with Crippen molar-refractivity contribution in [1.29, 1.82) is 0 Å². The molecule has 8 nitrogen and oxygen atoms in total. The summed E-state index contributed by atoms with van der Waals surface area (Å²) in [6.07, 6.45) is 6.61. The molecule has 0 bridgehead atoms. The van der Waals surface area contributed by atoms with Crippen molar-refractivity contribution in [3.8, 4) is 16.9 Å². The van der Waals surface area contributed by atoms with E-state index in [1.807, 2.05) is 0 Å². The Kier molecular flexibility index (Phi) is 6.87. The molecule has 2 atom stereocenters. The van der Waals surface area contributed by atoms with Crippen molar-refractivity contribution >= 4 is 23.2 Å². The van der Waals surface area contributed by atoms with Crippen molar-refractivity contribution in [2.45, 2.75) is 37.8 Å². The van der Waals surface area contributed by atoms with Gasteiger partial charge in [-0.2, -0.15) is 0 Å². The summed E-state index contributed by atoms with van der Waals surface area (Å²) in [5.74, 6) is -1.50. The summed E-state index contributed by atoms with van der Waals surface area (Å²) < 4.78 is 34.4. The Morgan fingerprint density at radius 2 is 1.88 bits per heavy atom. The van der Waals surface area contributed by atoms with E-state index in [4.69, 9.17) is 16.2 Å². The highest BCUT2D eigenvalue weighted by molar-refractivity contribution is 5.98. The van der Waals surface area contributed by atoms with Gasteiger partial charge >= 0.3 is 0 Å². The minimum absolute atomic E-state index is 0.0298. The van der Waals surface area contributed by atoms with Crippen molar-refractivity contribution in [2.24, 2.45) is 11.5 Å². The largest absolute Gasteiger partial charge is 0.497 e. The zero-order chi connectivity index (χ0) is 24.2. The number of nitrogens with zero attached hydrogens (tertiary/aromatic N) is 2. The van der Waals surface area contributed by atoms with Crippen LogP contribution in [0.25, 0.3) is 11.1 Å². The van der Waals surface area contributed by atoms with Crippen molar-refractivity contribution in [3.63, 3.8) is 0 Å². The number of carbonyl (C=O) groups is 1. The van der Waals surface area contributed by atoms with Gasteiger partial charge in [-0.05, 0) is 43.2 Å². The molecule has 0 spiro atoms. The third-order valence-corrected chi connectivity index (χ3v) is 5.87. The zero-order valence-electron chi connectivity index (χ0n) is 18.6. The van der Waals surface area contributed by atoms with Crippen LogP contribution < -0.4 is 26.8 Å². The molecule has 2 heterocycles. The van der Waals surface area contributed by atoms with E-state index in [-0.39, 0.29) is 34.8 Å². The van der Waals surface area contributed by atoms with Gasteiger partial charge in [0.1, 0.15) is 17.4 Å². The van der Waals surface area contributed by atoms with E-state index in [0.717, 1.165) is 31.7 Å². The molecule has 0 saturated heterocycles. The topological polar surface area (TPSA) is 128 Å². The number of ether oxygens (including phenoxy) is 1. The summed E-state index contributed by atoms with van der Waals surface area (Å²) in [7, 11) is 1.49. The Hall–Kier alpha value is -3.79. The quantitative estimate of drug-likeness (QED) is 0.413. The third kappa shape index (κ3) is 5.07.